The van der Waals surface area contributed by atoms with Crippen LogP contribution in [0.1, 0.15) is 10.5 Å². The Morgan fingerprint density at radius 2 is 2.13 bits per heavy atom. The molecule has 1 N–H and O–H groups in total. The zero-order valence-electron chi connectivity index (χ0n) is 8.08. The molecule has 1 heterocycles. The van der Waals surface area contributed by atoms with Gasteiger partial charge in [-0.3, -0.25) is 4.79 Å². The molecule has 0 bridgehead atoms. The summed E-state index contributed by atoms with van der Waals surface area (Å²) >= 11 is 0. The zero-order valence-corrected chi connectivity index (χ0v) is 8.08. The van der Waals surface area contributed by atoms with Crippen molar-refractivity contribution < 1.29 is 9.90 Å². The molecule has 76 valence electrons. The molecule has 0 spiro atoms. The summed E-state index contributed by atoms with van der Waals surface area (Å²) in [6, 6.07) is 6.75. The van der Waals surface area contributed by atoms with Crippen LogP contribution in [0, 0.1) is 0 Å². The van der Waals surface area contributed by atoms with E-state index in [4.69, 9.17) is 0 Å². The molecule has 2 rings (SSSR count). The number of aldehydes is 1. The van der Waals surface area contributed by atoms with Crippen LogP contribution in [0.5, 0.6) is 5.75 Å². The molecule has 1 aromatic carbocycles. The highest BCUT2D eigenvalue weighted by molar-refractivity contribution is 5.84. The molecule has 0 amide bonds. The molecule has 0 fully saturated rings. The monoisotopic (exact) mass is 203 g/mol. The van der Waals surface area contributed by atoms with Crippen LogP contribution in [0.3, 0.4) is 0 Å². The summed E-state index contributed by atoms with van der Waals surface area (Å²) in [4.78, 5) is 10.7. The summed E-state index contributed by atoms with van der Waals surface area (Å²) in [6.45, 7) is 0. The largest absolute Gasteiger partial charge is 0.507 e. The summed E-state index contributed by atoms with van der Waals surface area (Å²) < 4.78 is 1.46. The van der Waals surface area contributed by atoms with Crippen molar-refractivity contribution in [1.82, 2.24) is 15.0 Å². The van der Waals surface area contributed by atoms with Crippen molar-refractivity contribution >= 4 is 6.29 Å². The van der Waals surface area contributed by atoms with Crippen molar-refractivity contribution in [3.05, 3.63) is 30.0 Å². The molecule has 0 atom stereocenters. The number of carbonyl (C=O) groups is 1. The lowest BCUT2D eigenvalue weighted by molar-refractivity contribution is 0.111. The van der Waals surface area contributed by atoms with Crippen LogP contribution in [0.25, 0.3) is 11.3 Å². The number of benzene rings is 1. The van der Waals surface area contributed by atoms with Gasteiger partial charge in [0.25, 0.3) is 0 Å². The summed E-state index contributed by atoms with van der Waals surface area (Å²) in [5, 5.41) is 17.1. The van der Waals surface area contributed by atoms with E-state index in [1.54, 1.807) is 31.3 Å². The van der Waals surface area contributed by atoms with Gasteiger partial charge in [-0.25, -0.2) is 4.68 Å². The average Bonchev–Trinajstić information content (AvgIpc) is 2.60. The van der Waals surface area contributed by atoms with E-state index in [1.807, 2.05) is 0 Å². The summed E-state index contributed by atoms with van der Waals surface area (Å²) in [5.41, 5.74) is 1.29. The maximum atomic E-state index is 10.7. The second kappa shape index (κ2) is 3.53. The number of phenols is 1. The second-order valence-corrected chi connectivity index (χ2v) is 3.08. The van der Waals surface area contributed by atoms with Gasteiger partial charge in [0.05, 0.1) is 0 Å². The van der Waals surface area contributed by atoms with Crippen LogP contribution >= 0.6 is 0 Å². The number of aromatic nitrogens is 3. The molecule has 0 aliphatic heterocycles. The van der Waals surface area contributed by atoms with Gasteiger partial charge in [0.15, 0.2) is 12.0 Å². The van der Waals surface area contributed by atoms with Crippen LogP contribution in [0.4, 0.5) is 0 Å². The summed E-state index contributed by atoms with van der Waals surface area (Å²) in [6.07, 6.45) is 0.620. The molecular weight excluding hydrogens is 194 g/mol. The van der Waals surface area contributed by atoms with Gasteiger partial charge in [-0.15, -0.1) is 5.10 Å². The van der Waals surface area contributed by atoms with Gasteiger partial charge < -0.3 is 5.11 Å². The van der Waals surface area contributed by atoms with E-state index >= 15 is 0 Å². The van der Waals surface area contributed by atoms with Crippen molar-refractivity contribution in [3.8, 4) is 17.0 Å². The minimum absolute atomic E-state index is 0.103. The van der Waals surface area contributed by atoms with E-state index in [0.29, 0.717) is 17.5 Å². The molecule has 2 aromatic rings. The molecule has 0 unspecified atom stereocenters. The number of aryl methyl sites for hydroxylation is 1. The van der Waals surface area contributed by atoms with Gasteiger partial charge in [0.1, 0.15) is 11.4 Å². The Balaban J connectivity index is 2.68. The Bertz CT molecular complexity index is 505. The van der Waals surface area contributed by atoms with Gasteiger partial charge in [0, 0.05) is 12.6 Å². The smallest absolute Gasteiger partial charge is 0.172 e. The van der Waals surface area contributed by atoms with Crippen molar-refractivity contribution in [2.45, 2.75) is 0 Å². The Hall–Kier alpha value is -2.17. The second-order valence-electron chi connectivity index (χ2n) is 3.08. The van der Waals surface area contributed by atoms with E-state index in [0.717, 1.165) is 0 Å². The number of carbonyl (C=O) groups excluding carboxylic acids is 1. The van der Waals surface area contributed by atoms with Crippen LogP contribution in [-0.2, 0) is 7.05 Å². The molecular formula is C10H9N3O2. The molecule has 0 aliphatic carbocycles. The summed E-state index contributed by atoms with van der Waals surface area (Å²) in [7, 11) is 1.67. The number of rotatable bonds is 2. The van der Waals surface area contributed by atoms with Gasteiger partial charge in [-0.1, -0.05) is 17.3 Å². The Morgan fingerprint density at radius 3 is 2.80 bits per heavy atom. The number of aromatic hydroxyl groups is 1. The van der Waals surface area contributed by atoms with Crippen molar-refractivity contribution in [3.63, 3.8) is 0 Å². The first kappa shape index (κ1) is 9.39. The van der Waals surface area contributed by atoms with Crippen LogP contribution in [0.15, 0.2) is 24.3 Å². The molecule has 1 aromatic heterocycles. The Labute approximate surface area is 86.0 Å². The third-order valence-corrected chi connectivity index (χ3v) is 2.12. The Morgan fingerprint density at radius 1 is 1.40 bits per heavy atom. The average molecular weight is 203 g/mol. The fourth-order valence-electron chi connectivity index (χ4n) is 1.44. The fraction of sp³-hybridized carbons (Fsp3) is 0.100. The topological polar surface area (TPSA) is 68.0 Å². The number of phenolic OH excluding ortho intramolecular Hbond substituents is 1. The third kappa shape index (κ3) is 1.48. The highest BCUT2D eigenvalue weighted by atomic mass is 16.3. The lowest BCUT2D eigenvalue weighted by Crippen LogP contribution is -1.95. The minimum Gasteiger partial charge on any atom is -0.507 e. The maximum absolute atomic E-state index is 10.7. The van der Waals surface area contributed by atoms with E-state index in [1.165, 1.54) is 4.68 Å². The van der Waals surface area contributed by atoms with E-state index < -0.39 is 0 Å². The normalized spacial score (nSPS) is 10.2. The van der Waals surface area contributed by atoms with Crippen molar-refractivity contribution in [2.75, 3.05) is 0 Å². The molecule has 5 nitrogen and oxygen atoms in total. The summed E-state index contributed by atoms with van der Waals surface area (Å²) in [5.74, 6) is 0.103. The molecule has 0 radical (unpaired) electrons. The maximum Gasteiger partial charge on any atom is 0.172 e. The first-order valence-electron chi connectivity index (χ1n) is 4.37. The highest BCUT2D eigenvalue weighted by Gasteiger charge is 2.14. The molecule has 0 aliphatic rings. The van der Waals surface area contributed by atoms with Crippen LogP contribution < -0.4 is 0 Å². The van der Waals surface area contributed by atoms with Crippen LogP contribution in [0.2, 0.25) is 0 Å². The number of nitrogens with zero attached hydrogens (tertiary/aromatic N) is 3. The highest BCUT2D eigenvalue weighted by Crippen LogP contribution is 2.28. The fourth-order valence-corrected chi connectivity index (χ4v) is 1.44. The zero-order chi connectivity index (χ0) is 10.8. The predicted molar refractivity (Wildman–Crippen MR) is 53.5 cm³/mol. The molecule has 15 heavy (non-hydrogen) atoms. The Kier molecular flexibility index (Phi) is 2.21. The first-order valence-corrected chi connectivity index (χ1v) is 4.37. The van der Waals surface area contributed by atoms with Crippen LogP contribution in [-0.4, -0.2) is 26.4 Å². The quantitative estimate of drug-likeness (QED) is 0.739. The van der Waals surface area contributed by atoms with E-state index in [2.05, 4.69) is 10.3 Å². The first-order chi connectivity index (χ1) is 7.24. The standard InChI is InChI=1S/C10H9N3O2/c1-13-10(8(6-14)11-12-13)7-4-2-3-5-9(7)15/h2-6,15H,1H3. The van der Waals surface area contributed by atoms with Gasteiger partial charge >= 0.3 is 0 Å². The number of hydrogen-bond donors (Lipinski definition) is 1. The van der Waals surface area contributed by atoms with Crippen molar-refractivity contribution in [2.24, 2.45) is 7.05 Å². The molecule has 0 saturated carbocycles. The lowest BCUT2D eigenvalue weighted by atomic mass is 10.1. The van der Waals surface area contributed by atoms with Gasteiger partial charge in [-0.05, 0) is 12.1 Å². The van der Waals surface area contributed by atoms with E-state index in [9.17, 15) is 9.90 Å². The lowest BCUT2D eigenvalue weighted by Gasteiger charge is -2.03. The SMILES string of the molecule is Cn1nnc(C=O)c1-c1ccccc1O. The molecule has 0 saturated heterocycles. The number of para-hydroxylation sites is 1. The van der Waals surface area contributed by atoms with Crippen molar-refractivity contribution in [1.29, 1.82) is 0 Å². The minimum atomic E-state index is 0.103. The van der Waals surface area contributed by atoms with Gasteiger partial charge in [0.2, 0.25) is 0 Å². The van der Waals surface area contributed by atoms with E-state index in [-0.39, 0.29) is 11.4 Å². The van der Waals surface area contributed by atoms with Gasteiger partial charge in [-0.2, -0.15) is 0 Å². The third-order valence-electron chi connectivity index (χ3n) is 2.12. The molecule has 5 heteroatoms. The predicted octanol–water partition coefficient (Wildman–Crippen LogP) is 1.00. The number of hydrogen-bond acceptors (Lipinski definition) is 4.